The van der Waals surface area contributed by atoms with Crippen molar-refractivity contribution in [2.45, 2.75) is 13.3 Å². The summed E-state index contributed by atoms with van der Waals surface area (Å²) in [4.78, 5) is 29.0. The van der Waals surface area contributed by atoms with Gasteiger partial charge in [0.15, 0.2) is 11.0 Å². The van der Waals surface area contributed by atoms with Crippen LogP contribution in [0.15, 0.2) is 39.7 Å². The summed E-state index contributed by atoms with van der Waals surface area (Å²) in [6, 6.07) is 6.22. The number of halogens is 2. The minimum absolute atomic E-state index is 0.0234. The first kappa shape index (κ1) is 18.8. The lowest BCUT2D eigenvalue weighted by molar-refractivity contribution is 0.172. The zero-order chi connectivity index (χ0) is 19.7. The molecule has 0 atom stereocenters. The molecule has 0 saturated heterocycles. The third kappa shape index (κ3) is 3.78. The monoisotopic (exact) mass is 390 g/mol. The quantitative estimate of drug-likeness (QED) is 0.500. The second-order valence-electron chi connectivity index (χ2n) is 6.17. The Bertz CT molecular complexity index is 1090. The molecule has 0 aliphatic carbocycles. The van der Waals surface area contributed by atoms with Gasteiger partial charge < -0.3 is 14.1 Å². The van der Waals surface area contributed by atoms with Gasteiger partial charge in [0.05, 0.1) is 0 Å². The lowest BCUT2D eigenvalue weighted by Gasteiger charge is -2.12. The smallest absolute Gasteiger partial charge is 0.414 e. The molecule has 0 aliphatic rings. The van der Waals surface area contributed by atoms with Crippen LogP contribution in [-0.4, -0.2) is 30.1 Å². The number of carbonyl (C=O) groups excluding carboxylic acids is 1. The van der Waals surface area contributed by atoms with Crippen LogP contribution < -0.4 is 10.4 Å². The van der Waals surface area contributed by atoms with Gasteiger partial charge in [0.2, 0.25) is 0 Å². The van der Waals surface area contributed by atoms with Crippen LogP contribution in [0.2, 0.25) is 5.15 Å². The minimum atomic E-state index is -0.663. The summed E-state index contributed by atoms with van der Waals surface area (Å²) < 4.78 is 24.7. The molecule has 140 valence electrons. The van der Waals surface area contributed by atoms with Gasteiger partial charge in [-0.25, -0.2) is 19.0 Å². The highest BCUT2D eigenvalue weighted by molar-refractivity contribution is 6.29. The normalized spacial score (nSPS) is 10.9. The number of pyridine rings is 1. The van der Waals surface area contributed by atoms with Gasteiger partial charge in [-0.05, 0) is 36.2 Å². The second-order valence-corrected chi connectivity index (χ2v) is 6.52. The first-order valence-corrected chi connectivity index (χ1v) is 8.40. The molecule has 2 aromatic heterocycles. The van der Waals surface area contributed by atoms with Crippen molar-refractivity contribution in [3.8, 4) is 5.75 Å². The zero-order valence-corrected chi connectivity index (χ0v) is 15.6. The summed E-state index contributed by atoms with van der Waals surface area (Å²) in [5, 5.41) is 0.414. The van der Waals surface area contributed by atoms with Crippen LogP contribution in [0, 0.1) is 12.7 Å². The molecule has 1 amide bonds. The van der Waals surface area contributed by atoms with Gasteiger partial charge in [0.1, 0.15) is 11.3 Å². The third-order valence-corrected chi connectivity index (χ3v) is 4.39. The molecule has 0 aliphatic heterocycles. The maximum Gasteiger partial charge on any atom is 0.414 e. The Morgan fingerprint density at radius 1 is 1.33 bits per heavy atom. The van der Waals surface area contributed by atoms with Gasteiger partial charge in [-0.15, -0.1) is 0 Å². The highest BCUT2D eigenvalue weighted by atomic mass is 35.5. The van der Waals surface area contributed by atoms with E-state index < -0.39 is 17.5 Å². The molecule has 6 nitrogen and oxygen atoms in total. The van der Waals surface area contributed by atoms with Crippen molar-refractivity contribution in [1.82, 2.24) is 9.88 Å². The molecule has 8 heteroatoms. The van der Waals surface area contributed by atoms with Crippen LogP contribution in [0.3, 0.4) is 0 Å². The van der Waals surface area contributed by atoms with E-state index >= 15 is 0 Å². The maximum atomic E-state index is 14.1. The van der Waals surface area contributed by atoms with E-state index in [0.29, 0.717) is 16.5 Å². The number of nitrogens with zero attached hydrogens (tertiary/aromatic N) is 2. The summed E-state index contributed by atoms with van der Waals surface area (Å²) >= 11 is 5.70. The van der Waals surface area contributed by atoms with Gasteiger partial charge in [-0.1, -0.05) is 11.6 Å². The Morgan fingerprint density at radius 2 is 2.07 bits per heavy atom. The number of ether oxygens (including phenoxy) is 1. The molecular formula is C19H16ClFN2O4. The summed E-state index contributed by atoms with van der Waals surface area (Å²) in [5.41, 5.74) is 0.906. The molecule has 3 aromatic rings. The molecule has 27 heavy (non-hydrogen) atoms. The number of fused-ring (bicyclic) bond motifs is 1. The maximum absolute atomic E-state index is 14.1. The predicted octanol–water partition coefficient (Wildman–Crippen LogP) is 3.94. The number of carbonyl (C=O) groups is 1. The highest BCUT2D eigenvalue weighted by Crippen LogP contribution is 2.26. The summed E-state index contributed by atoms with van der Waals surface area (Å²) in [6.07, 6.45) is 0.856. The number of amides is 1. The van der Waals surface area contributed by atoms with Crippen molar-refractivity contribution in [1.29, 1.82) is 0 Å². The van der Waals surface area contributed by atoms with Crippen LogP contribution in [0.1, 0.15) is 16.7 Å². The molecule has 0 unspecified atom stereocenters. The number of aromatic nitrogens is 1. The van der Waals surface area contributed by atoms with E-state index in [1.54, 1.807) is 33.2 Å². The van der Waals surface area contributed by atoms with Crippen molar-refractivity contribution >= 4 is 28.7 Å². The Morgan fingerprint density at radius 3 is 2.78 bits per heavy atom. The molecular weight excluding hydrogens is 375 g/mol. The first-order valence-electron chi connectivity index (χ1n) is 8.02. The number of rotatable bonds is 3. The van der Waals surface area contributed by atoms with Gasteiger partial charge in [0.25, 0.3) is 0 Å². The Kier molecular flexibility index (Phi) is 5.14. The number of hydrogen-bond acceptors (Lipinski definition) is 5. The van der Waals surface area contributed by atoms with Gasteiger partial charge in [-0.3, -0.25) is 0 Å². The summed E-state index contributed by atoms with van der Waals surface area (Å²) in [6.45, 7) is 1.75. The van der Waals surface area contributed by atoms with Gasteiger partial charge in [0, 0.05) is 43.7 Å². The van der Waals surface area contributed by atoms with Crippen LogP contribution in [0.5, 0.6) is 5.75 Å². The highest BCUT2D eigenvalue weighted by Gasteiger charge is 2.16. The van der Waals surface area contributed by atoms with Crippen LogP contribution in [0.4, 0.5) is 9.18 Å². The minimum Gasteiger partial charge on any atom is -0.422 e. The lowest BCUT2D eigenvalue weighted by atomic mass is 10.00. The van der Waals surface area contributed by atoms with Crippen LogP contribution in [-0.2, 0) is 6.42 Å². The Labute approximate surface area is 159 Å². The van der Waals surface area contributed by atoms with Crippen molar-refractivity contribution in [2.75, 3.05) is 14.1 Å². The van der Waals surface area contributed by atoms with E-state index in [1.807, 2.05) is 0 Å². The van der Waals surface area contributed by atoms with E-state index in [9.17, 15) is 14.0 Å². The zero-order valence-electron chi connectivity index (χ0n) is 14.9. The fraction of sp³-hybridized carbons (Fsp3) is 0.211. The molecule has 1 aromatic carbocycles. The number of aryl methyl sites for hydroxylation is 1. The Balaban J connectivity index is 2.02. The van der Waals surface area contributed by atoms with E-state index in [-0.39, 0.29) is 28.5 Å². The van der Waals surface area contributed by atoms with Crippen molar-refractivity contribution in [3.63, 3.8) is 0 Å². The fourth-order valence-electron chi connectivity index (χ4n) is 2.62. The molecule has 0 fully saturated rings. The third-order valence-electron chi connectivity index (χ3n) is 4.12. The van der Waals surface area contributed by atoms with Gasteiger partial charge in [-0.2, -0.15) is 0 Å². The number of benzene rings is 1. The largest absolute Gasteiger partial charge is 0.422 e. The predicted molar refractivity (Wildman–Crippen MR) is 98.9 cm³/mol. The fourth-order valence-corrected chi connectivity index (χ4v) is 2.79. The second kappa shape index (κ2) is 7.36. The SMILES string of the molecule is Cc1c(Cc2ccnc(Cl)c2F)c(=O)oc2cc(OC(=O)N(C)C)ccc12. The Hall–Kier alpha value is -2.93. The molecule has 2 heterocycles. The molecule has 0 bridgehead atoms. The first-order chi connectivity index (χ1) is 12.8. The standard InChI is InChI=1S/C19H16ClFN2O4/c1-10-13-5-4-12(26-19(25)23(2)3)9-15(13)27-18(24)14(10)8-11-6-7-22-17(20)16(11)21/h4-7,9H,8H2,1-3H3. The van der Waals surface area contributed by atoms with Crippen molar-refractivity contribution < 1.29 is 18.3 Å². The average Bonchev–Trinajstić information content (AvgIpc) is 2.61. The lowest BCUT2D eigenvalue weighted by Crippen LogP contribution is -2.25. The van der Waals surface area contributed by atoms with E-state index in [2.05, 4.69) is 4.98 Å². The van der Waals surface area contributed by atoms with Crippen molar-refractivity contribution in [2.24, 2.45) is 0 Å². The van der Waals surface area contributed by atoms with Crippen LogP contribution >= 0.6 is 11.6 Å². The topological polar surface area (TPSA) is 72.6 Å². The van der Waals surface area contributed by atoms with E-state index in [0.717, 1.165) is 0 Å². The molecule has 3 rings (SSSR count). The summed E-state index contributed by atoms with van der Waals surface area (Å²) in [5.74, 6) is -0.410. The van der Waals surface area contributed by atoms with E-state index in [4.69, 9.17) is 20.8 Å². The van der Waals surface area contributed by atoms with Crippen LogP contribution in [0.25, 0.3) is 11.0 Å². The van der Waals surface area contributed by atoms with Crippen molar-refractivity contribution in [3.05, 3.63) is 68.5 Å². The van der Waals surface area contributed by atoms with E-state index in [1.165, 1.54) is 23.2 Å². The molecule has 0 N–H and O–H groups in total. The molecule has 0 radical (unpaired) electrons. The molecule has 0 saturated carbocycles. The average molecular weight is 391 g/mol. The molecule has 0 spiro atoms. The summed E-state index contributed by atoms with van der Waals surface area (Å²) in [7, 11) is 3.12. The number of hydrogen-bond donors (Lipinski definition) is 0. The van der Waals surface area contributed by atoms with Gasteiger partial charge >= 0.3 is 11.7 Å².